The molecule has 0 aliphatic rings. The first-order valence-corrected chi connectivity index (χ1v) is 8.41. The van der Waals surface area contributed by atoms with Crippen LogP contribution in [0.15, 0.2) is 24.3 Å². The Bertz CT molecular complexity index is 501. The number of sulfonamides is 1. The molecule has 1 rings (SSSR count). The molecule has 114 valence electrons. The molecule has 0 radical (unpaired) electrons. The van der Waals surface area contributed by atoms with Crippen LogP contribution in [-0.2, 0) is 27.1 Å². The first-order valence-electron chi connectivity index (χ1n) is 6.76. The van der Waals surface area contributed by atoms with Gasteiger partial charge in [-0.05, 0) is 17.0 Å². The number of hydrogen-bond donors (Lipinski definition) is 2. The van der Waals surface area contributed by atoms with Gasteiger partial charge in [0.25, 0.3) is 0 Å². The molecule has 1 aromatic rings. The summed E-state index contributed by atoms with van der Waals surface area (Å²) >= 11 is 0. The lowest BCUT2D eigenvalue weighted by atomic mass is 10.1. The highest BCUT2D eigenvalue weighted by atomic mass is 32.2. The van der Waals surface area contributed by atoms with E-state index in [1.807, 2.05) is 32.0 Å². The Hall–Kier alpha value is -0.950. The predicted molar refractivity (Wildman–Crippen MR) is 80.6 cm³/mol. The first-order chi connectivity index (χ1) is 9.44. The van der Waals surface area contributed by atoms with Crippen LogP contribution in [0.5, 0.6) is 0 Å². The molecular weight excluding hydrogens is 276 g/mol. The van der Waals surface area contributed by atoms with Crippen LogP contribution in [0.25, 0.3) is 0 Å². The normalized spacial score (nSPS) is 12.0. The summed E-state index contributed by atoms with van der Waals surface area (Å²) in [5.74, 6) is 0.396. The summed E-state index contributed by atoms with van der Waals surface area (Å²) in [5.41, 5.74) is 7.20. The standard InChI is InChI=1S/C14H24N2O3S/c1-12(2)10-19-8-7-16-20(17,18)11-14-6-4-3-5-13(14)9-15/h3-6,12,16H,7-11,15H2,1-2H3. The van der Waals surface area contributed by atoms with Crippen molar-refractivity contribution in [1.82, 2.24) is 4.72 Å². The van der Waals surface area contributed by atoms with Gasteiger partial charge in [0, 0.05) is 19.7 Å². The van der Waals surface area contributed by atoms with Gasteiger partial charge in [0.05, 0.1) is 12.4 Å². The van der Waals surface area contributed by atoms with E-state index < -0.39 is 10.0 Å². The van der Waals surface area contributed by atoms with Crippen LogP contribution in [0.2, 0.25) is 0 Å². The molecule has 0 saturated carbocycles. The van der Waals surface area contributed by atoms with Crippen LogP contribution in [0.4, 0.5) is 0 Å². The van der Waals surface area contributed by atoms with Gasteiger partial charge < -0.3 is 10.5 Å². The average Bonchev–Trinajstić information content (AvgIpc) is 2.38. The van der Waals surface area contributed by atoms with Gasteiger partial charge in [-0.2, -0.15) is 0 Å². The molecule has 20 heavy (non-hydrogen) atoms. The molecule has 0 unspecified atom stereocenters. The fourth-order valence-electron chi connectivity index (χ4n) is 1.74. The van der Waals surface area contributed by atoms with Crippen LogP contribution in [-0.4, -0.2) is 28.2 Å². The Kier molecular flexibility index (Phi) is 7.15. The molecular formula is C14H24N2O3S. The van der Waals surface area contributed by atoms with Crippen molar-refractivity contribution in [1.29, 1.82) is 0 Å². The zero-order valence-electron chi connectivity index (χ0n) is 12.1. The Morgan fingerprint density at radius 3 is 2.50 bits per heavy atom. The van der Waals surface area contributed by atoms with Crippen molar-refractivity contribution < 1.29 is 13.2 Å². The van der Waals surface area contributed by atoms with E-state index in [1.54, 1.807) is 6.07 Å². The summed E-state index contributed by atoms with van der Waals surface area (Å²) in [5, 5.41) is 0. The molecule has 0 atom stereocenters. The minimum absolute atomic E-state index is 0.0510. The van der Waals surface area contributed by atoms with Gasteiger partial charge in [0.1, 0.15) is 0 Å². The summed E-state index contributed by atoms with van der Waals surface area (Å²) in [4.78, 5) is 0. The second-order valence-electron chi connectivity index (χ2n) is 5.10. The van der Waals surface area contributed by atoms with Crippen LogP contribution in [0.3, 0.4) is 0 Å². The van der Waals surface area contributed by atoms with Crippen molar-refractivity contribution in [2.24, 2.45) is 11.7 Å². The summed E-state index contributed by atoms with van der Waals surface area (Å²) < 4.78 is 31.8. The third kappa shape index (κ3) is 6.47. The lowest BCUT2D eigenvalue weighted by Crippen LogP contribution is -2.29. The summed E-state index contributed by atoms with van der Waals surface area (Å²) in [7, 11) is -3.35. The van der Waals surface area contributed by atoms with Crippen molar-refractivity contribution in [2.75, 3.05) is 19.8 Å². The van der Waals surface area contributed by atoms with Gasteiger partial charge in [-0.3, -0.25) is 0 Å². The quantitative estimate of drug-likeness (QED) is 0.672. The predicted octanol–water partition coefficient (Wildman–Crippen LogP) is 1.24. The van der Waals surface area contributed by atoms with Gasteiger partial charge in [-0.15, -0.1) is 0 Å². The lowest BCUT2D eigenvalue weighted by molar-refractivity contribution is 0.114. The van der Waals surface area contributed by atoms with Gasteiger partial charge >= 0.3 is 0 Å². The maximum absolute atomic E-state index is 12.0. The lowest BCUT2D eigenvalue weighted by Gasteiger charge is -2.10. The number of nitrogens with two attached hydrogens (primary N) is 1. The second kappa shape index (κ2) is 8.36. The Balaban J connectivity index is 2.45. The largest absolute Gasteiger partial charge is 0.380 e. The van der Waals surface area contributed by atoms with Gasteiger partial charge in [-0.1, -0.05) is 38.1 Å². The molecule has 0 fully saturated rings. The highest BCUT2D eigenvalue weighted by Gasteiger charge is 2.13. The van der Waals surface area contributed by atoms with Crippen molar-refractivity contribution in [3.8, 4) is 0 Å². The maximum Gasteiger partial charge on any atom is 0.215 e. The minimum Gasteiger partial charge on any atom is -0.380 e. The van der Waals surface area contributed by atoms with E-state index in [2.05, 4.69) is 4.72 Å². The topological polar surface area (TPSA) is 81.4 Å². The number of rotatable bonds is 9. The highest BCUT2D eigenvalue weighted by Crippen LogP contribution is 2.11. The molecule has 5 nitrogen and oxygen atoms in total. The molecule has 6 heteroatoms. The SMILES string of the molecule is CC(C)COCCNS(=O)(=O)Cc1ccccc1CN. The van der Waals surface area contributed by atoms with E-state index in [0.717, 1.165) is 11.1 Å². The van der Waals surface area contributed by atoms with E-state index in [9.17, 15) is 8.42 Å². The zero-order chi connectivity index (χ0) is 15.0. The molecule has 0 aliphatic carbocycles. The van der Waals surface area contributed by atoms with E-state index in [4.69, 9.17) is 10.5 Å². The maximum atomic E-state index is 12.0. The third-order valence-corrected chi connectivity index (χ3v) is 4.04. The smallest absolute Gasteiger partial charge is 0.215 e. The van der Waals surface area contributed by atoms with Crippen LogP contribution >= 0.6 is 0 Å². The molecule has 1 aromatic carbocycles. The van der Waals surface area contributed by atoms with Crippen LogP contribution in [0, 0.1) is 5.92 Å². The molecule has 0 heterocycles. The number of benzene rings is 1. The Morgan fingerprint density at radius 2 is 1.90 bits per heavy atom. The van der Waals surface area contributed by atoms with Crippen LogP contribution in [0.1, 0.15) is 25.0 Å². The number of ether oxygens (including phenoxy) is 1. The third-order valence-electron chi connectivity index (χ3n) is 2.70. The molecule has 0 aliphatic heterocycles. The van der Waals surface area contributed by atoms with Gasteiger partial charge in [0.2, 0.25) is 10.0 Å². The molecule has 0 aromatic heterocycles. The Labute approximate surface area is 121 Å². The van der Waals surface area contributed by atoms with Gasteiger partial charge in [-0.25, -0.2) is 13.1 Å². The average molecular weight is 300 g/mol. The molecule has 0 amide bonds. The number of hydrogen-bond acceptors (Lipinski definition) is 4. The van der Waals surface area contributed by atoms with Crippen molar-refractivity contribution >= 4 is 10.0 Å². The molecule has 0 saturated heterocycles. The summed E-state index contributed by atoms with van der Waals surface area (Å²) in [6, 6.07) is 7.30. The molecule has 3 N–H and O–H groups in total. The van der Waals surface area contributed by atoms with Gasteiger partial charge in [0.15, 0.2) is 0 Å². The van der Waals surface area contributed by atoms with Crippen molar-refractivity contribution in [3.63, 3.8) is 0 Å². The number of nitrogens with one attached hydrogen (secondary N) is 1. The van der Waals surface area contributed by atoms with E-state index in [0.29, 0.717) is 32.2 Å². The Morgan fingerprint density at radius 1 is 1.25 bits per heavy atom. The van der Waals surface area contributed by atoms with Crippen molar-refractivity contribution in [3.05, 3.63) is 35.4 Å². The molecule has 0 bridgehead atoms. The summed E-state index contributed by atoms with van der Waals surface area (Å²) in [6.07, 6.45) is 0. The monoisotopic (exact) mass is 300 g/mol. The fourth-order valence-corrected chi connectivity index (χ4v) is 2.93. The zero-order valence-corrected chi connectivity index (χ0v) is 12.9. The summed E-state index contributed by atoms with van der Waals surface area (Å²) in [6.45, 7) is 5.75. The fraction of sp³-hybridized carbons (Fsp3) is 0.571. The van der Waals surface area contributed by atoms with E-state index in [-0.39, 0.29) is 5.75 Å². The first kappa shape index (κ1) is 17.1. The molecule has 0 spiro atoms. The second-order valence-corrected chi connectivity index (χ2v) is 6.90. The van der Waals surface area contributed by atoms with E-state index in [1.165, 1.54) is 0 Å². The highest BCUT2D eigenvalue weighted by molar-refractivity contribution is 7.88. The van der Waals surface area contributed by atoms with Crippen LogP contribution < -0.4 is 10.5 Å². The van der Waals surface area contributed by atoms with E-state index >= 15 is 0 Å². The van der Waals surface area contributed by atoms with Crippen molar-refractivity contribution in [2.45, 2.75) is 26.1 Å². The minimum atomic E-state index is -3.35.